The maximum atomic E-state index is 12.4. The van der Waals surface area contributed by atoms with Crippen molar-refractivity contribution in [2.45, 2.75) is 12.3 Å². The predicted molar refractivity (Wildman–Crippen MR) is 48.9 cm³/mol. The average Bonchev–Trinajstić information content (AvgIpc) is 2.18. The van der Waals surface area contributed by atoms with Gasteiger partial charge in [0, 0.05) is 6.20 Å². The molecule has 1 aromatic rings. The molecule has 0 aromatic carbocycles. The molecule has 1 heterocycles. The second kappa shape index (κ2) is 4.44. The highest BCUT2D eigenvalue weighted by Crippen LogP contribution is 2.35. The Morgan fingerprint density at radius 3 is 2.47 bits per heavy atom. The van der Waals surface area contributed by atoms with E-state index in [2.05, 4.69) is 11.6 Å². The van der Waals surface area contributed by atoms with E-state index in [1.165, 1.54) is 18.3 Å². The van der Waals surface area contributed by atoms with E-state index in [9.17, 15) is 18.3 Å². The number of alkyl halides is 3. The van der Waals surface area contributed by atoms with Gasteiger partial charge in [0.05, 0.1) is 5.69 Å². The van der Waals surface area contributed by atoms with Crippen molar-refractivity contribution in [2.24, 2.45) is 5.92 Å². The molecule has 0 bridgehead atoms. The fourth-order valence-corrected chi connectivity index (χ4v) is 1.18. The van der Waals surface area contributed by atoms with Gasteiger partial charge in [-0.2, -0.15) is 13.2 Å². The maximum absolute atomic E-state index is 12.4. The van der Waals surface area contributed by atoms with Gasteiger partial charge >= 0.3 is 6.18 Å². The van der Waals surface area contributed by atoms with Crippen LogP contribution in [0.5, 0.6) is 0 Å². The van der Waals surface area contributed by atoms with Gasteiger partial charge in [-0.1, -0.05) is 12.1 Å². The number of halogens is 3. The number of rotatable bonds is 3. The summed E-state index contributed by atoms with van der Waals surface area (Å²) >= 11 is 0. The molecule has 82 valence electrons. The van der Waals surface area contributed by atoms with Gasteiger partial charge in [0.1, 0.15) is 12.0 Å². The molecule has 2 nitrogen and oxygen atoms in total. The highest BCUT2D eigenvalue weighted by molar-refractivity contribution is 5.10. The van der Waals surface area contributed by atoms with Gasteiger partial charge in [-0.15, -0.1) is 6.58 Å². The predicted octanol–water partition coefficient (Wildman–Crippen LogP) is 2.48. The Morgan fingerprint density at radius 2 is 2.07 bits per heavy atom. The van der Waals surface area contributed by atoms with Crippen LogP contribution < -0.4 is 0 Å². The van der Waals surface area contributed by atoms with E-state index in [1.807, 2.05) is 0 Å². The van der Waals surface area contributed by atoms with Gasteiger partial charge in [0.2, 0.25) is 0 Å². The van der Waals surface area contributed by atoms with E-state index in [0.717, 1.165) is 0 Å². The smallest absolute Gasteiger partial charge is 0.386 e. The van der Waals surface area contributed by atoms with E-state index in [4.69, 9.17) is 0 Å². The molecule has 2 unspecified atom stereocenters. The van der Waals surface area contributed by atoms with Crippen molar-refractivity contribution in [3.8, 4) is 0 Å². The van der Waals surface area contributed by atoms with Gasteiger partial charge < -0.3 is 5.11 Å². The van der Waals surface area contributed by atoms with E-state index in [0.29, 0.717) is 6.08 Å². The van der Waals surface area contributed by atoms with Crippen molar-refractivity contribution in [3.05, 3.63) is 42.7 Å². The van der Waals surface area contributed by atoms with Gasteiger partial charge in [-0.25, -0.2) is 0 Å². The van der Waals surface area contributed by atoms with Gasteiger partial charge in [0.25, 0.3) is 0 Å². The van der Waals surface area contributed by atoms with Gasteiger partial charge in [0.15, 0.2) is 0 Å². The second-order valence-corrected chi connectivity index (χ2v) is 3.00. The number of hydrogen-bond donors (Lipinski definition) is 1. The minimum atomic E-state index is -4.52. The van der Waals surface area contributed by atoms with Crippen LogP contribution in [-0.2, 0) is 0 Å². The Hall–Kier alpha value is -1.36. The van der Waals surface area contributed by atoms with Crippen molar-refractivity contribution in [2.75, 3.05) is 0 Å². The normalized spacial score (nSPS) is 15.7. The lowest BCUT2D eigenvalue weighted by atomic mass is 9.99. The summed E-state index contributed by atoms with van der Waals surface area (Å²) in [6.45, 7) is 3.07. The van der Waals surface area contributed by atoms with E-state index in [-0.39, 0.29) is 5.69 Å². The van der Waals surface area contributed by atoms with Crippen molar-refractivity contribution < 1.29 is 18.3 Å². The molecule has 1 rings (SSSR count). The molecule has 0 fully saturated rings. The first-order chi connectivity index (χ1) is 6.96. The molecule has 0 saturated heterocycles. The van der Waals surface area contributed by atoms with Crippen molar-refractivity contribution in [3.63, 3.8) is 0 Å². The van der Waals surface area contributed by atoms with Crippen LogP contribution in [0.1, 0.15) is 11.8 Å². The average molecular weight is 217 g/mol. The number of aromatic nitrogens is 1. The summed E-state index contributed by atoms with van der Waals surface area (Å²) < 4.78 is 37.2. The molecular formula is C10H10F3NO. The Balaban J connectivity index is 2.92. The highest BCUT2D eigenvalue weighted by atomic mass is 19.4. The maximum Gasteiger partial charge on any atom is 0.398 e. The molecule has 15 heavy (non-hydrogen) atoms. The van der Waals surface area contributed by atoms with Gasteiger partial charge in [-0.3, -0.25) is 4.98 Å². The minimum absolute atomic E-state index is 0.0141. The first-order valence-electron chi connectivity index (χ1n) is 4.25. The van der Waals surface area contributed by atoms with E-state index < -0.39 is 18.2 Å². The van der Waals surface area contributed by atoms with Crippen molar-refractivity contribution >= 4 is 0 Å². The lowest BCUT2D eigenvalue weighted by molar-refractivity contribution is -0.186. The zero-order valence-electron chi connectivity index (χ0n) is 7.78. The lowest BCUT2D eigenvalue weighted by Crippen LogP contribution is -2.27. The fraction of sp³-hybridized carbons (Fsp3) is 0.300. The first-order valence-corrected chi connectivity index (χ1v) is 4.25. The topological polar surface area (TPSA) is 33.1 Å². The molecule has 1 aromatic heterocycles. The largest absolute Gasteiger partial charge is 0.398 e. The highest BCUT2D eigenvalue weighted by Gasteiger charge is 2.43. The zero-order valence-corrected chi connectivity index (χ0v) is 7.78. The molecule has 0 aliphatic heterocycles. The lowest BCUT2D eigenvalue weighted by Gasteiger charge is -2.21. The second-order valence-electron chi connectivity index (χ2n) is 3.00. The standard InChI is InChI=1S/C10H10F3NO/c1-2-7(10(11,12)13)9(15)8-5-3-4-6-14-8/h2-7,9,15H,1H2. The summed E-state index contributed by atoms with van der Waals surface area (Å²) in [6.07, 6.45) is -4.21. The monoisotopic (exact) mass is 217 g/mol. The Bertz CT molecular complexity index is 323. The van der Waals surface area contributed by atoms with E-state index >= 15 is 0 Å². The van der Waals surface area contributed by atoms with Crippen LogP contribution >= 0.6 is 0 Å². The molecule has 0 radical (unpaired) electrons. The number of aliphatic hydroxyl groups is 1. The third-order valence-electron chi connectivity index (χ3n) is 1.96. The SMILES string of the molecule is C=CC(C(O)c1ccccn1)C(F)(F)F. The van der Waals surface area contributed by atoms with Crippen LogP contribution in [0.2, 0.25) is 0 Å². The number of aliphatic hydroxyl groups excluding tert-OH is 1. The third-order valence-corrected chi connectivity index (χ3v) is 1.96. The summed E-state index contributed by atoms with van der Waals surface area (Å²) in [5.41, 5.74) is -0.0141. The van der Waals surface area contributed by atoms with Gasteiger partial charge in [-0.05, 0) is 12.1 Å². The molecule has 0 amide bonds. The summed E-state index contributed by atoms with van der Waals surface area (Å²) in [7, 11) is 0. The molecule has 0 saturated carbocycles. The summed E-state index contributed by atoms with van der Waals surface area (Å²) in [5.74, 6) is -1.99. The summed E-state index contributed by atoms with van der Waals surface area (Å²) in [4.78, 5) is 3.66. The molecule has 0 aliphatic carbocycles. The van der Waals surface area contributed by atoms with Crippen LogP contribution in [0.15, 0.2) is 37.1 Å². The molecule has 1 N–H and O–H groups in total. The number of pyridine rings is 1. The minimum Gasteiger partial charge on any atom is -0.386 e. The Kier molecular flexibility index (Phi) is 3.47. The Labute approximate surface area is 85.1 Å². The van der Waals surface area contributed by atoms with Crippen LogP contribution in [-0.4, -0.2) is 16.3 Å². The number of hydrogen-bond acceptors (Lipinski definition) is 2. The molecular weight excluding hydrogens is 207 g/mol. The number of nitrogens with zero attached hydrogens (tertiary/aromatic N) is 1. The fourth-order valence-electron chi connectivity index (χ4n) is 1.18. The first kappa shape index (κ1) is 11.7. The van der Waals surface area contributed by atoms with Crippen LogP contribution in [0.25, 0.3) is 0 Å². The van der Waals surface area contributed by atoms with Crippen LogP contribution in [0.3, 0.4) is 0 Å². The zero-order chi connectivity index (χ0) is 11.5. The summed E-state index contributed by atoms with van der Waals surface area (Å²) in [5, 5.41) is 9.46. The van der Waals surface area contributed by atoms with Crippen LogP contribution in [0, 0.1) is 5.92 Å². The Morgan fingerprint density at radius 1 is 1.40 bits per heavy atom. The quantitative estimate of drug-likeness (QED) is 0.789. The summed E-state index contributed by atoms with van der Waals surface area (Å²) in [6, 6.07) is 4.42. The third kappa shape index (κ3) is 2.79. The molecule has 2 atom stereocenters. The van der Waals surface area contributed by atoms with E-state index in [1.54, 1.807) is 6.07 Å². The van der Waals surface area contributed by atoms with Crippen molar-refractivity contribution in [1.82, 2.24) is 4.98 Å². The molecule has 0 aliphatic rings. The molecule has 0 spiro atoms. The molecule has 5 heteroatoms. The van der Waals surface area contributed by atoms with Crippen molar-refractivity contribution in [1.29, 1.82) is 0 Å². The van der Waals surface area contributed by atoms with Crippen LogP contribution in [0.4, 0.5) is 13.2 Å².